The molecule has 0 atom stereocenters. The summed E-state index contributed by atoms with van der Waals surface area (Å²) < 4.78 is 16.4. The number of anilines is 1. The number of carbonyl (C=O) groups is 2. The molecule has 0 spiro atoms. The van der Waals surface area contributed by atoms with Crippen molar-refractivity contribution in [1.29, 1.82) is 5.26 Å². The van der Waals surface area contributed by atoms with Crippen molar-refractivity contribution < 1.29 is 23.8 Å². The highest BCUT2D eigenvalue weighted by Gasteiger charge is 2.25. The van der Waals surface area contributed by atoms with Crippen LogP contribution in [0.2, 0.25) is 0 Å². The van der Waals surface area contributed by atoms with E-state index in [1.54, 1.807) is 30.2 Å². The SMILES string of the molecule is CCOc1cc(/C=C(\C#N)C(=O)N2CCN(c3ccccc3OC)CC2)ccc1OCC(N)=O. The van der Waals surface area contributed by atoms with Gasteiger partial charge in [-0.3, -0.25) is 9.59 Å². The highest BCUT2D eigenvalue weighted by atomic mass is 16.5. The Bertz CT molecular complexity index is 1100. The number of methoxy groups -OCH3 is 1. The van der Waals surface area contributed by atoms with E-state index in [0.29, 0.717) is 49.8 Å². The Hall–Kier alpha value is -4.19. The predicted octanol–water partition coefficient (Wildman–Crippen LogP) is 2.21. The van der Waals surface area contributed by atoms with Gasteiger partial charge in [0.25, 0.3) is 11.8 Å². The number of ether oxygens (including phenoxy) is 3. The van der Waals surface area contributed by atoms with E-state index >= 15 is 0 Å². The van der Waals surface area contributed by atoms with Gasteiger partial charge in [0, 0.05) is 26.2 Å². The molecule has 2 amide bonds. The lowest BCUT2D eigenvalue weighted by molar-refractivity contribution is -0.127. The summed E-state index contributed by atoms with van der Waals surface area (Å²) in [6, 6.07) is 14.7. The van der Waals surface area contributed by atoms with Gasteiger partial charge < -0.3 is 29.7 Å². The van der Waals surface area contributed by atoms with Gasteiger partial charge in [-0.25, -0.2) is 0 Å². The van der Waals surface area contributed by atoms with Crippen LogP contribution >= 0.6 is 0 Å². The Morgan fingerprint density at radius 2 is 1.79 bits per heavy atom. The predicted molar refractivity (Wildman–Crippen MR) is 128 cm³/mol. The molecule has 1 aliphatic rings. The van der Waals surface area contributed by atoms with Crippen molar-refractivity contribution in [3.63, 3.8) is 0 Å². The third-order valence-electron chi connectivity index (χ3n) is 5.29. The molecule has 0 unspecified atom stereocenters. The van der Waals surface area contributed by atoms with Crippen molar-refractivity contribution in [2.75, 3.05) is 51.4 Å². The Morgan fingerprint density at radius 1 is 1.06 bits per heavy atom. The van der Waals surface area contributed by atoms with Gasteiger partial charge in [-0.05, 0) is 42.8 Å². The van der Waals surface area contributed by atoms with E-state index in [1.165, 1.54) is 6.08 Å². The number of benzene rings is 2. The molecule has 2 aromatic rings. The number of para-hydroxylation sites is 2. The number of amides is 2. The molecule has 1 fully saturated rings. The molecule has 2 aromatic carbocycles. The lowest BCUT2D eigenvalue weighted by Crippen LogP contribution is -2.49. The zero-order chi connectivity index (χ0) is 24.5. The van der Waals surface area contributed by atoms with Crippen LogP contribution in [-0.4, -0.2) is 63.2 Å². The molecule has 34 heavy (non-hydrogen) atoms. The molecule has 0 bridgehead atoms. The number of hydrogen-bond acceptors (Lipinski definition) is 7. The number of rotatable bonds is 9. The number of hydrogen-bond donors (Lipinski definition) is 1. The fourth-order valence-electron chi connectivity index (χ4n) is 3.67. The van der Waals surface area contributed by atoms with Crippen molar-refractivity contribution in [3.8, 4) is 23.3 Å². The van der Waals surface area contributed by atoms with E-state index in [2.05, 4.69) is 4.90 Å². The average molecular weight is 465 g/mol. The standard InChI is InChI=1S/C25H28N4O5/c1-3-33-23-15-18(8-9-22(23)34-17-24(27)30)14-19(16-26)25(31)29-12-10-28(11-13-29)20-6-4-5-7-21(20)32-2/h4-9,14-15H,3,10-13,17H2,1-2H3,(H2,27,30)/b19-14+. The van der Waals surface area contributed by atoms with Crippen molar-refractivity contribution in [1.82, 2.24) is 4.90 Å². The second kappa shape index (κ2) is 11.6. The third-order valence-corrected chi connectivity index (χ3v) is 5.29. The molecule has 9 nitrogen and oxygen atoms in total. The van der Waals surface area contributed by atoms with Gasteiger partial charge in [-0.1, -0.05) is 18.2 Å². The maximum Gasteiger partial charge on any atom is 0.264 e. The minimum atomic E-state index is -0.602. The van der Waals surface area contributed by atoms with Crippen molar-refractivity contribution in [2.45, 2.75) is 6.92 Å². The molecule has 178 valence electrons. The summed E-state index contributed by atoms with van der Waals surface area (Å²) in [7, 11) is 1.63. The molecular weight excluding hydrogens is 436 g/mol. The fourth-order valence-corrected chi connectivity index (χ4v) is 3.67. The van der Waals surface area contributed by atoms with E-state index in [1.807, 2.05) is 37.3 Å². The second-order valence-electron chi connectivity index (χ2n) is 7.52. The van der Waals surface area contributed by atoms with Crippen LogP contribution in [-0.2, 0) is 9.59 Å². The third kappa shape index (κ3) is 5.98. The Balaban J connectivity index is 1.72. The van der Waals surface area contributed by atoms with Crippen LogP contribution in [0.15, 0.2) is 48.0 Å². The summed E-state index contributed by atoms with van der Waals surface area (Å²) >= 11 is 0. The molecule has 3 rings (SSSR count). The normalized spacial score (nSPS) is 13.7. The zero-order valence-corrected chi connectivity index (χ0v) is 19.3. The zero-order valence-electron chi connectivity index (χ0n) is 19.3. The largest absolute Gasteiger partial charge is 0.495 e. The average Bonchev–Trinajstić information content (AvgIpc) is 2.86. The number of nitrogens with two attached hydrogens (primary N) is 1. The van der Waals surface area contributed by atoms with Gasteiger partial charge >= 0.3 is 0 Å². The molecule has 9 heteroatoms. The van der Waals surface area contributed by atoms with Gasteiger partial charge in [0.2, 0.25) is 0 Å². The van der Waals surface area contributed by atoms with E-state index in [4.69, 9.17) is 19.9 Å². The summed E-state index contributed by atoms with van der Waals surface area (Å²) in [5, 5.41) is 9.66. The molecule has 0 radical (unpaired) electrons. The molecule has 2 N–H and O–H groups in total. The van der Waals surface area contributed by atoms with Gasteiger partial charge in [0.1, 0.15) is 17.4 Å². The summed E-state index contributed by atoms with van der Waals surface area (Å²) in [5.74, 6) is 0.611. The smallest absolute Gasteiger partial charge is 0.264 e. The molecule has 0 aromatic heterocycles. The lowest BCUT2D eigenvalue weighted by atomic mass is 10.1. The van der Waals surface area contributed by atoms with Crippen LogP contribution in [0, 0.1) is 11.3 Å². The van der Waals surface area contributed by atoms with E-state index in [0.717, 1.165) is 11.4 Å². The first-order valence-corrected chi connectivity index (χ1v) is 10.9. The first-order chi connectivity index (χ1) is 16.5. The molecule has 1 saturated heterocycles. The second-order valence-corrected chi connectivity index (χ2v) is 7.52. The number of nitrogens with zero attached hydrogens (tertiary/aromatic N) is 3. The van der Waals surface area contributed by atoms with E-state index < -0.39 is 5.91 Å². The first-order valence-electron chi connectivity index (χ1n) is 10.9. The topological polar surface area (TPSA) is 118 Å². The molecule has 0 aliphatic carbocycles. The van der Waals surface area contributed by atoms with Gasteiger partial charge in [-0.15, -0.1) is 0 Å². The van der Waals surface area contributed by atoms with Gasteiger partial charge in [-0.2, -0.15) is 5.26 Å². The van der Waals surface area contributed by atoms with Crippen LogP contribution < -0.4 is 24.8 Å². The fraction of sp³-hybridized carbons (Fsp3) is 0.320. The molecule has 1 aliphatic heterocycles. The lowest BCUT2D eigenvalue weighted by Gasteiger charge is -2.36. The summed E-state index contributed by atoms with van der Waals surface area (Å²) in [6.45, 7) is 4.14. The maximum absolute atomic E-state index is 13.0. The number of piperazine rings is 1. The Morgan fingerprint density at radius 3 is 2.44 bits per heavy atom. The monoisotopic (exact) mass is 464 g/mol. The molecule has 1 heterocycles. The first kappa shape index (κ1) is 24.5. The van der Waals surface area contributed by atoms with E-state index in [9.17, 15) is 14.9 Å². The quantitative estimate of drug-likeness (QED) is 0.446. The van der Waals surface area contributed by atoms with E-state index in [-0.39, 0.29) is 18.1 Å². The van der Waals surface area contributed by atoms with Crippen molar-refractivity contribution in [3.05, 3.63) is 53.6 Å². The van der Waals surface area contributed by atoms with Crippen LogP contribution in [0.5, 0.6) is 17.2 Å². The highest BCUT2D eigenvalue weighted by molar-refractivity contribution is 6.01. The van der Waals surface area contributed by atoms with Crippen LogP contribution in [0.1, 0.15) is 12.5 Å². The van der Waals surface area contributed by atoms with Crippen LogP contribution in [0.3, 0.4) is 0 Å². The minimum Gasteiger partial charge on any atom is -0.495 e. The molecular formula is C25H28N4O5. The number of nitriles is 1. The van der Waals surface area contributed by atoms with Crippen molar-refractivity contribution >= 4 is 23.6 Å². The molecule has 0 saturated carbocycles. The summed E-state index contributed by atoms with van der Waals surface area (Å²) in [6.07, 6.45) is 1.52. The van der Waals surface area contributed by atoms with Crippen LogP contribution in [0.4, 0.5) is 5.69 Å². The highest BCUT2D eigenvalue weighted by Crippen LogP contribution is 2.30. The Labute approximate surface area is 198 Å². The van der Waals surface area contributed by atoms with Gasteiger partial charge in [0.15, 0.2) is 18.1 Å². The van der Waals surface area contributed by atoms with Gasteiger partial charge in [0.05, 0.1) is 19.4 Å². The maximum atomic E-state index is 13.0. The number of carbonyl (C=O) groups excluding carboxylic acids is 2. The Kier molecular flexibility index (Phi) is 8.35. The minimum absolute atomic E-state index is 0.0268. The number of primary amides is 1. The van der Waals surface area contributed by atoms with Crippen LogP contribution in [0.25, 0.3) is 6.08 Å². The summed E-state index contributed by atoms with van der Waals surface area (Å²) in [5.41, 5.74) is 6.75. The summed E-state index contributed by atoms with van der Waals surface area (Å²) in [4.78, 5) is 27.9. The van der Waals surface area contributed by atoms with Crippen molar-refractivity contribution in [2.24, 2.45) is 5.73 Å².